The number of rotatable bonds is 2. The molecule has 1 unspecified atom stereocenters. The highest BCUT2D eigenvalue weighted by atomic mass is 16.5. The molecule has 5 nitrogen and oxygen atoms in total. The predicted octanol–water partition coefficient (Wildman–Crippen LogP) is 0.162. The van der Waals surface area contributed by atoms with Crippen molar-refractivity contribution in [3.63, 3.8) is 0 Å². The Morgan fingerprint density at radius 1 is 1.83 bits per heavy atom. The third-order valence-electron chi connectivity index (χ3n) is 1.47. The quantitative estimate of drug-likeness (QED) is 0.336. The number of carbonyl (C=O) groups excluding carboxylic acids is 2. The van der Waals surface area contributed by atoms with Crippen LogP contribution in [0.2, 0.25) is 0 Å². The van der Waals surface area contributed by atoms with Crippen molar-refractivity contribution in [2.24, 2.45) is 0 Å². The summed E-state index contributed by atoms with van der Waals surface area (Å²) in [7, 11) is 0. The first-order chi connectivity index (χ1) is 5.61. The zero-order valence-electron chi connectivity index (χ0n) is 6.52. The number of carbonyl (C=O) groups is 2. The average Bonchev–Trinajstić information content (AvgIpc) is 2.02. The Morgan fingerprint density at radius 2 is 2.50 bits per heavy atom. The van der Waals surface area contributed by atoms with Gasteiger partial charge in [0.2, 0.25) is 5.91 Å². The summed E-state index contributed by atoms with van der Waals surface area (Å²) in [6.45, 7) is 1.26. The highest BCUT2D eigenvalue weighted by molar-refractivity contribution is 5.84. The van der Waals surface area contributed by atoms with Gasteiger partial charge >= 0.3 is 5.97 Å². The first kappa shape index (κ1) is 8.73. The van der Waals surface area contributed by atoms with Gasteiger partial charge in [-0.15, -0.1) is 0 Å². The lowest BCUT2D eigenvalue weighted by atomic mass is 10.1. The number of hydrogen-bond donors (Lipinski definition) is 0. The van der Waals surface area contributed by atoms with Crippen molar-refractivity contribution in [1.29, 1.82) is 0 Å². The smallest absolute Gasteiger partial charge is 0.307 e. The van der Waals surface area contributed by atoms with E-state index in [1.165, 1.54) is 13.0 Å². The van der Waals surface area contributed by atoms with Gasteiger partial charge < -0.3 is 15.0 Å². The van der Waals surface area contributed by atoms with Crippen LogP contribution >= 0.6 is 0 Å². The zero-order chi connectivity index (χ0) is 9.14. The highest BCUT2D eigenvalue weighted by Gasteiger charge is 2.26. The Bertz CT molecular complexity index is 236. The van der Waals surface area contributed by atoms with Crippen LogP contribution < -0.4 is 0 Å². The van der Waals surface area contributed by atoms with E-state index in [0.29, 0.717) is 5.06 Å². The molecule has 1 atom stereocenters. The molecule has 66 valence electrons. The number of β-lactam (4-membered cyclic amide) rings is 1. The first-order valence-electron chi connectivity index (χ1n) is 3.44. The molecule has 0 radical (unpaired) electrons. The summed E-state index contributed by atoms with van der Waals surface area (Å²) in [6, 6.07) is -0.461. The van der Waals surface area contributed by atoms with Crippen LogP contribution in [-0.4, -0.2) is 23.0 Å². The van der Waals surface area contributed by atoms with E-state index in [1.54, 1.807) is 0 Å². The molecule has 1 aliphatic rings. The SMILES string of the molecule is CC(=O)OC=CC1CC(=O)N1[O-]. The number of ether oxygens (including phenoxy) is 1. The van der Waals surface area contributed by atoms with Gasteiger partial charge in [0.25, 0.3) is 0 Å². The number of esters is 1. The molecule has 1 fully saturated rings. The van der Waals surface area contributed by atoms with E-state index in [4.69, 9.17) is 0 Å². The van der Waals surface area contributed by atoms with Crippen LogP contribution in [-0.2, 0) is 14.3 Å². The van der Waals surface area contributed by atoms with Crippen molar-refractivity contribution in [2.45, 2.75) is 19.4 Å². The molecule has 1 rings (SSSR count). The van der Waals surface area contributed by atoms with E-state index >= 15 is 0 Å². The third-order valence-corrected chi connectivity index (χ3v) is 1.47. The topological polar surface area (TPSA) is 69.7 Å². The Kier molecular flexibility index (Phi) is 2.44. The summed E-state index contributed by atoms with van der Waals surface area (Å²) in [6.07, 6.45) is 2.71. The molecular formula is C7H8NO4-. The van der Waals surface area contributed by atoms with Crippen molar-refractivity contribution in [3.05, 3.63) is 17.5 Å². The van der Waals surface area contributed by atoms with Gasteiger partial charge in [-0.1, -0.05) is 0 Å². The van der Waals surface area contributed by atoms with Crippen molar-refractivity contribution < 1.29 is 14.3 Å². The van der Waals surface area contributed by atoms with Gasteiger partial charge in [0, 0.05) is 13.3 Å². The van der Waals surface area contributed by atoms with Crippen LogP contribution in [0.3, 0.4) is 0 Å². The molecule has 0 aromatic carbocycles. The molecule has 1 saturated heterocycles. The van der Waals surface area contributed by atoms with Gasteiger partial charge in [0.05, 0.1) is 12.3 Å². The van der Waals surface area contributed by atoms with Crippen molar-refractivity contribution >= 4 is 11.9 Å². The Balaban J connectivity index is 2.29. The standard InChI is InChI=1S/C7H8NO4/c1-5(9)12-3-2-6-4-7(10)8(6)11/h2-3,6H,4H2,1H3/q-1. The highest BCUT2D eigenvalue weighted by Crippen LogP contribution is 2.17. The second kappa shape index (κ2) is 3.36. The molecule has 0 saturated carbocycles. The third kappa shape index (κ3) is 1.82. The summed E-state index contributed by atoms with van der Waals surface area (Å²) < 4.78 is 4.44. The van der Waals surface area contributed by atoms with Crippen LogP contribution in [0.1, 0.15) is 13.3 Å². The van der Waals surface area contributed by atoms with Crippen LogP contribution in [0.4, 0.5) is 0 Å². The fourth-order valence-electron chi connectivity index (χ4n) is 0.796. The predicted molar refractivity (Wildman–Crippen MR) is 39.5 cm³/mol. The molecule has 1 amide bonds. The van der Waals surface area contributed by atoms with Gasteiger partial charge in [0.1, 0.15) is 0 Å². The molecule has 0 aromatic rings. The minimum atomic E-state index is -0.461. The van der Waals surface area contributed by atoms with E-state index in [-0.39, 0.29) is 6.42 Å². The van der Waals surface area contributed by atoms with Crippen molar-refractivity contribution in [1.82, 2.24) is 5.06 Å². The molecule has 0 aliphatic carbocycles. The minimum Gasteiger partial charge on any atom is -0.756 e. The van der Waals surface area contributed by atoms with Gasteiger partial charge in [0.15, 0.2) is 0 Å². The monoisotopic (exact) mass is 170 g/mol. The maximum absolute atomic E-state index is 10.6. The minimum absolute atomic E-state index is 0.196. The van der Waals surface area contributed by atoms with E-state index in [0.717, 1.165) is 6.26 Å². The van der Waals surface area contributed by atoms with Crippen molar-refractivity contribution in [2.75, 3.05) is 0 Å². The average molecular weight is 170 g/mol. The molecule has 0 N–H and O–H groups in total. The first-order valence-corrected chi connectivity index (χ1v) is 3.44. The van der Waals surface area contributed by atoms with E-state index < -0.39 is 17.9 Å². The van der Waals surface area contributed by atoms with Crippen LogP contribution in [0.25, 0.3) is 0 Å². The molecule has 1 aliphatic heterocycles. The van der Waals surface area contributed by atoms with Crippen LogP contribution in [0.15, 0.2) is 12.3 Å². The maximum atomic E-state index is 10.6. The Morgan fingerprint density at radius 3 is 2.92 bits per heavy atom. The summed E-state index contributed by atoms with van der Waals surface area (Å²) >= 11 is 0. The van der Waals surface area contributed by atoms with E-state index in [2.05, 4.69) is 4.74 Å². The largest absolute Gasteiger partial charge is 0.756 e. The number of amides is 1. The Labute approximate surface area is 69.2 Å². The lowest BCUT2D eigenvalue weighted by Gasteiger charge is -2.44. The fraction of sp³-hybridized carbons (Fsp3) is 0.429. The van der Waals surface area contributed by atoms with Crippen molar-refractivity contribution in [3.8, 4) is 0 Å². The molecule has 0 bridgehead atoms. The van der Waals surface area contributed by atoms with E-state index in [1.807, 2.05) is 0 Å². The van der Waals surface area contributed by atoms with Gasteiger partial charge in [-0.2, -0.15) is 0 Å². The lowest BCUT2D eigenvalue weighted by Crippen LogP contribution is -2.47. The van der Waals surface area contributed by atoms with Gasteiger partial charge in [-0.25, -0.2) is 0 Å². The molecule has 12 heavy (non-hydrogen) atoms. The number of hydrogen-bond acceptors (Lipinski definition) is 4. The van der Waals surface area contributed by atoms with Gasteiger partial charge in [-0.05, 0) is 6.08 Å². The summed E-state index contributed by atoms with van der Waals surface area (Å²) in [5.41, 5.74) is 0. The molecule has 0 aromatic heterocycles. The second-order valence-electron chi connectivity index (χ2n) is 2.43. The fourth-order valence-corrected chi connectivity index (χ4v) is 0.796. The summed E-state index contributed by atoms with van der Waals surface area (Å²) in [5.74, 6) is -0.887. The van der Waals surface area contributed by atoms with Crippen LogP contribution in [0, 0.1) is 5.21 Å². The van der Waals surface area contributed by atoms with Crippen LogP contribution in [0.5, 0.6) is 0 Å². The summed E-state index contributed by atoms with van der Waals surface area (Å²) in [4.78, 5) is 20.7. The summed E-state index contributed by atoms with van der Waals surface area (Å²) in [5, 5.41) is 11.0. The number of nitrogens with zero attached hydrogens (tertiary/aromatic N) is 1. The Hall–Kier alpha value is -1.36. The van der Waals surface area contributed by atoms with E-state index in [9.17, 15) is 14.8 Å². The molecule has 5 heteroatoms. The maximum Gasteiger partial charge on any atom is 0.307 e. The molecular weight excluding hydrogens is 162 g/mol. The second-order valence-corrected chi connectivity index (χ2v) is 2.43. The molecule has 0 spiro atoms. The zero-order valence-corrected chi connectivity index (χ0v) is 6.52. The number of hydroxylamine groups is 2. The van der Waals surface area contributed by atoms with Gasteiger partial charge in [-0.3, -0.25) is 9.59 Å². The molecule has 1 heterocycles. The normalized spacial score (nSPS) is 22.7. The lowest BCUT2D eigenvalue weighted by molar-refractivity contribution is -0.139.